The van der Waals surface area contributed by atoms with Gasteiger partial charge in [0.25, 0.3) is 0 Å². The maximum Gasteiger partial charge on any atom is 0.312 e. The van der Waals surface area contributed by atoms with Gasteiger partial charge in [-0.2, -0.15) is 0 Å². The molecule has 0 aromatic heterocycles. The van der Waals surface area contributed by atoms with E-state index in [1.54, 1.807) is 6.92 Å². The number of hydrogen-bond acceptors (Lipinski definition) is 3. The van der Waals surface area contributed by atoms with E-state index in [4.69, 9.17) is 4.74 Å². The summed E-state index contributed by atoms with van der Waals surface area (Å²) in [4.78, 5) is 23.1. The second-order valence-corrected chi connectivity index (χ2v) is 4.44. The molecule has 1 rings (SSSR count). The number of hydrogen-bond donors (Lipinski definition) is 0. The predicted molar refractivity (Wildman–Crippen MR) is 57.4 cm³/mol. The summed E-state index contributed by atoms with van der Waals surface area (Å²) in [5.74, 6) is -0.0788. The van der Waals surface area contributed by atoms with Gasteiger partial charge >= 0.3 is 5.97 Å². The smallest absolute Gasteiger partial charge is 0.312 e. The molecule has 1 fully saturated rings. The zero-order valence-electron chi connectivity index (χ0n) is 9.67. The van der Waals surface area contributed by atoms with E-state index in [0.717, 1.165) is 25.7 Å². The Balaban J connectivity index is 2.74. The molecule has 0 amide bonds. The summed E-state index contributed by atoms with van der Waals surface area (Å²) in [6, 6.07) is 0. The van der Waals surface area contributed by atoms with Gasteiger partial charge in [-0.05, 0) is 26.7 Å². The fourth-order valence-corrected chi connectivity index (χ4v) is 2.44. The molecule has 0 aliphatic heterocycles. The monoisotopic (exact) mass is 212 g/mol. The Kier molecular flexibility index (Phi) is 4.30. The molecule has 1 aliphatic rings. The second-order valence-electron chi connectivity index (χ2n) is 4.44. The molecule has 0 aromatic rings. The number of carbonyl (C=O) groups is 2. The fourth-order valence-electron chi connectivity index (χ4n) is 2.44. The van der Waals surface area contributed by atoms with Gasteiger partial charge in [0.2, 0.25) is 0 Å². The van der Waals surface area contributed by atoms with Crippen molar-refractivity contribution in [2.45, 2.75) is 52.4 Å². The van der Waals surface area contributed by atoms with E-state index in [9.17, 15) is 9.59 Å². The van der Waals surface area contributed by atoms with Crippen LogP contribution in [0.4, 0.5) is 0 Å². The van der Waals surface area contributed by atoms with Gasteiger partial charge in [-0.15, -0.1) is 0 Å². The van der Waals surface area contributed by atoms with Crippen LogP contribution in [0.15, 0.2) is 0 Å². The van der Waals surface area contributed by atoms with Crippen molar-refractivity contribution >= 4 is 11.8 Å². The Morgan fingerprint density at radius 1 is 1.20 bits per heavy atom. The largest absolute Gasteiger partial charge is 0.466 e. The van der Waals surface area contributed by atoms with Crippen molar-refractivity contribution in [3.8, 4) is 0 Å². The fraction of sp³-hybridized carbons (Fsp3) is 0.833. The van der Waals surface area contributed by atoms with Gasteiger partial charge in [0.15, 0.2) is 0 Å². The Labute approximate surface area is 91.2 Å². The minimum Gasteiger partial charge on any atom is -0.466 e. The number of rotatable bonds is 4. The SMILES string of the molecule is CCOC(=O)C1(CC(C)=O)CCCCC1. The molecule has 0 heterocycles. The summed E-state index contributed by atoms with van der Waals surface area (Å²) in [6.45, 7) is 3.76. The van der Waals surface area contributed by atoms with Crippen LogP contribution in [0.25, 0.3) is 0 Å². The molecular formula is C12H20O3. The third-order valence-corrected chi connectivity index (χ3v) is 3.11. The molecule has 15 heavy (non-hydrogen) atoms. The molecule has 0 spiro atoms. The standard InChI is InChI=1S/C12H20O3/c1-3-15-11(14)12(9-10(2)13)7-5-4-6-8-12/h3-9H2,1-2H3. The lowest BCUT2D eigenvalue weighted by molar-refractivity contribution is -0.159. The lowest BCUT2D eigenvalue weighted by Gasteiger charge is -2.33. The van der Waals surface area contributed by atoms with Gasteiger partial charge in [0.1, 0.15) is 5.78 Å². The van der Waals surface area contributed by atoms with E-state index >= 15 is 0 Å². The van der Waals surface area contributed by atoms with Crippen LogP contribution in [0, 0.1) is 5.41 Å². The van der Waals surface area contributed by atoms with Crippen molar-refractivity contribution in [3.63, 3.8) is 0 Å². The first-order valence-electron chi connectivity index (χ1n) is 5.77. The van der Waals surface area contributed by atoms with E-state index in [0.29, 0.717) is 13.0 Å². The highest BCUT2D eigenvalue weighted by Crippen LogP contribution is 2.40. The molecule has 0 unspecified atom stereocenters. The minimum absolute atomic E-state index is 0.0879. The van der Waals surface area contributed by atoms with Crippen molar-refractivity contribution in [1.29, 1.82) is 0 Å². The molecule has 0 saturated heterocycles. The lowest BCUT2D eigenvalue weighted by Crippen LogP contribution is -2.36. The quantitative estimate of drug-likeness (QED) is 0.672. The van der Waals surface area contributed by atoms with Crippen LogP contribution in [-0.4, -0.2) is 18.4 Å². The third kappa shape index (κ3) is 3.05. The van der Waals surface area contributed by atoms with Gasteiger partial charge in [-0.3, -0.25) is 9.59 Å². The molecule has 0 aromatic carbocycles. The van der Waals surface area contributed by atoms with E-state index in [1.165, 1.54) is 6.42 Å². The Hall–Kier alpha value is -0.860. The Bertz CT molecular complexity index is 239. The van der Waals surface area contributed by atoms with Crippen LogP contribution >= 0.6 is 0 Å². The molecule has 0 bridgehead atoms. The molecule has 0 atom stereocenters. The van der Waals surface area contributed by atoms with Crippen LogP contribution in [0.3, 0.4) is 0 Å². The van der Waals surface area contributed by atoms with Gasteiger partial charge in [-0.25, -0.2) is 0 Å². The van der Waals surface area contributed by atoms with Crippen molar-refractivity contribution < 1.29 is 14.3 Å². The van der Waals surface area contributed by atoms with Crippen LogP contribution in [0.1, 0.15) is 52.4 Å². The zero-order chi connectivity index (χ0) is 11.3. The first-order valence-corrected chi connectivity index (χ1v) is 5.77. The predicted octanol–water partition coefficient (Wildman–Crippen LogP) is 2.48. The van der Waals surface area contributed by atoms with Crippen molar-refractivity contribution in [3.05, 3.63) is 0 Å². The summed E-state index contributed by atoms with van der Waals surface area (Å²) < 4.78 is 5.09. The number of ketones is 1. The summed E-state index contributed by atoms with van der Waals surface area (Å²) in [5.41, 5.74) is -0.500. The van der Waals surface area contributed by atoms with E-state index in [2.05, 4.69) is 0 Å². The van der Waals surface area contributed by atoms with Crippen molar-refractivity contribution in [1.82, 2.24) is 0 Å². The van der Waals surface area contributed by atoms with Crippen molar-refractivity contribution in [2.24, 2.45) is 5.41 Å². The van der Waals surface area contributed by atoms with Crippen LogP contribution in [-0.2, 0) is 14.3 Å². The number of ether oxygens (including phenoxy) is 1. The highest BCUT2D eigenvalue weighted by Gasteiger charge is 2.41. The maximum atomic E-state index is 11.9. The summed E-state index contributed by atoms with van der Waals surface area (Å²) >= 11 is 0. The lowest BCUT2D eigenvalue weighted by atomic mass is 9.71. The normalized spacial score (nSPS) is 19.6. The third-order valence-electron chi connectivity index (χ3n) is 3.11. The molecule has 86 valence electrons. The number of carbonyl (C=O) groups excluding carboxylic acids is 2. The maximum absolute atomic E-state index is 11.9. The molecule has 0 N–H and O–H groups in total. The molecule has 1 aliphatic carbocycles. The molecule has 0 radical (unpaired) electrons. The first kappa shape index (κ1) is 12.2. The summed E-state index contributed by atoms with van der Waals surface area (Å²) in [5, 5.41) is 0. The number of esters is 1. The summed E-state index contributed by atoms with van der Waals surface area (Å²) in [7, 11) is 0. The topological polar surface area (TPSA) is 43.4 Å². The first-order chi connectivity index (χ1) is 7.10. The van der Waals surface area contributed by atoms with E-state index in [1.807, 2.05) is 6.92 Å². The van der Waals surface area contributed by atoms with Crippen LogP contribution in [0.2, 0.25) is 0 Å². The Morgan fingerprint density at radius 3 is 2.27 bits per heavy atom. The van der Waals surface area contributed by atoms with Gasteiger partial charge in [-0.1, -0.05) is 19.3 Å². The van der Waals surface area contributed by atoms with Gasteiger partial charge in [0, 0.05) is 6.42 Å². The average Bonchev–Trinajstić information content (AvgIpc) is 2.18. The minimum atomic E-state index is -0.500. The number of Topliss-reactive ketones (excluding diaryl/α,β-unsaturated/α-hetero) is 1. The molecule has 1 saturated carbocycles. The zero-order valence-corrected chi connectivity index (χ0v) is 9.67. The van der Waals surface area contributed by atoms with Gasteiger partial charge < -0.3 is 4.74 Å². The highest BCUT2D eigenvalue weighted by atomic mass is 16.5. The molecular weight excluding hydrogens is 192 g/mol. The van der Waals surface area contributed by atoms with Crippen molar-refractivity contribution in [2.75, 3.05) is 6.61 Å². The van der Waals surface area contributed by atoms with E-state index in [-0.39, 0.29) is 11.8 Å². The highest BCUT2D eigenvalue weighted by molar-refractivity contribution is 5.85. The van der Waals surface area contributed by atoms with Crippen LogP contribution in [0.5, 0.6) is 0 Å². The Morgan fingerprint density at radius 2 is 1.80 bits per heavy atom. The second kappa shape index (κ2) is 5.29. The van der Waals surface area contributed by atoms with Crippen LogP contribution < -0.4 is 0 Å². The summed E-state index contributed by atoms with van der Waals surface area (Å²) in [6.07, 6.45) is 5.21. The van der Waals surface area contributed by atoms with E-state index < -0.39 is 5.41 Å². The van der Waals surface area contributed by atoms with Gasteiger partial charge in [0.05, 0.1) is 12.0 Å². The average molecular weight is 212 g/mol. The molecule has 3 nitrogen and oxygen atoms in total. The molecule has 3 heteroatoms.